The van der Waals surface area contributed by atoms with Crippen molar-refractivity contribution in [2.75, 3.05) is 0 Å². The fourth-order valence-corrected chi connectivity index (χ4v) is 4.89. The van der Waals surface area contributed by atoms with Crippen LogP contribution >= 0.6 is 0 Å². The summed E-state index contributed by atoms with van der Waals surface area (Å²) in [5.41, 5.74) is 0. The molecule has 0 heteroatoms. The topological polar surface area (TPSA) is 0 Å². The van der Waals surface area contributed by atoms with Gasteiger partial charge in [0, 0.05) is 0 Å². The van der Waals surface area contributed by atoms with E-state index in [0.29, 0.717) is 0 Å². The van der Waals surface area contributed by atoms with Crippen LogP contribution in [-0.2, 0) is 0 Å². The quantitative estimate of drug-likeness (QED) is 0.305. The van der Waals surface area contributed by atoms with Crippen molar-refractivity contribution in [3.8, 4) is 11.8 Å². The van der Waals surface area contributed by atoms with Gasteiger partial charge in [0.2, 0.25) is 0 Å². The molecule has 2 saturated carbocycles. The smallest absolute Gasteiger partial charge is 0.0153 e. The molecule has 0 radical (unpaired) electrons. The van der Waals surface area contributed by atoms with Crippen molar-refractivity contribution in [1.82, 2.24) is 0 Å². The lowest BCUT2D eigenvalue weighted by Gasteiger charge is -2.26. The maximum absolute atomic E-state index is 3.24. The van der Waals surface area contributed by atoms with Gasteiger partial charge in [-0.2, -0.15) is 0 Å². The van der Waals surface area contributed by atoms with Crippen LogP contribution in [0.25, 0.3) is 0 Å². The van der Waals surface area contributed by atoms with E-state index in [2.05, 4.69) is 50.0 Å². The highest BCUT2D eigenvalue weighted by molar-refractivity contribution is 5.24. The van der Waals surface area contributed by atoms with Crippen LogP contribution in [0.2, 0.25) is 0 Å². The predicted molar refractivity (Wildman–Crippen MR) is 116 cm³/mol. The summed E-state index contributed by atoms with van der Waals surface area (Å²) in [4.78, 5) is 0. The normalized spacial score (nSPS) is 29.8. The summed E-state index contributed by atoms with van der Waals surface area (Å²) >= 11 is 0. The second-order valence-electron chi connectivity index (χ2n) is 8.85. The van der Waals surface area contributed by atoms with Crippen molar-refractivity contribution in [2.24, 2.45) is 23.7 Å². The lowest BCUT2D eigenvalue weighted by molar-refractivity contribution is 0.289. The summed E-state index contributed by atoms with van der Waals surface area (Å²) in [6.45, 7) is 4.62. The van der Waals surface area contributed by atoms with Crippen molar-refractivity contribution < 1.29 is 0 Å². The van der Waals surface area contributed by atoms with Crippen LogP contribution in [0.15, 0.2) is 24.3 Å². The fraction of sp³-hybridized carbons (Fsp3) is 0.769. The van der Waals surface area contributed by atoms with Crippen LogP contribution in [0, 0.1) is 35.5 Å². The molecule has 0 aromatic rings. The van der Waals surface area contributed by atoms with Gasteiger partial charge in [-0.05, 0) is 87.2 Å². The minimum absolute atomic E-state index is 0.782. The number of hydrogen-bond donors (Lipinski definition) is 0. The van der Waals surface area contributed by atoms with Gasteiger partial charge in [-0.1, -0.05) is 76.4 Å². The summed E-state index contributed by atoms with van der Waals surface area (Å²) in [5, 5.41) is 0. The minimum atomic E-state index is 0.782. The molecule has 0 saturated heterocycles. The molecule has 2 aliphatic carbocycles. The van der Waals surface area contributed by atoms with E-state index in [-0.39, 0.29) is 0 Å². The van der Waals surface area contributed by atoms with E-state index >= 15 is 0 Å². The van der Waals surface area contributed by atoms with Crippen LogP contribution in [0.5, 0.6) is 0 Å². The second-order valence-corrected chi connectivity index (χ2v) is 8.85. The first-order valence-corrected chi connectivity index (χ1v) is 11.7. The van der Waals surface area contributed by atoms with Crippen LogP contribution in [0.3, 0.4) is 0 Å². The van der Waals surface area contributed by atoms with E-state index in [1.54, 1.807) is 0 Å². The van der Waals surface area contributed by atoms with Crippen LogP contribution in [0.1, 0.15) is 104 Å². The summed E-state index contributed by atoms with van der Waals surface area (Å²) in [7, 11) is 0. The highest BCUT2D eigenvalue weighted by Crippen LogP contribution is 2.33. The molecule has 26 heavy (non-hydrogen) atoms. The Bertz CT molecular complexity index is 456. The fourth-order valence-electron chi connectivity index (χ4n) is 4.89. The molecule has 0 spiro atoms. The maximum Gasteiger partial charge on any atom is -0.0153 e. The molecule has 2 aliphatic rings. The average molecular weight is 355 g/mol. The zero-order valence-corrected chi connectivity index (χ0v) is 17.5. The van der Waals surface area contributed by atoms with Crippen molar-refractivity contribution in [2.45, 2.75) is 104 Å². The van der Waals surface area contributed by atoms with Gasteiger partial charge in [0.05, 0.1) is 0 Å². The highest BCUT2D eigenvalue weighted by Gasteiger charge is 2.19. The molecule has 0 nitrogen and oxygen atoms in total. The Balaban J connectivity index is 1.58. The van der Waals surface area contributed by atoms with Crippen molar-refractivity contribution in [1.29, 1.82) is 0 Å². The third kappa shape index (κ3) is 8.62. The molecule has 0 bridgehead atoms. The zero-order valence-electron chi connectivity index (χ0n) is 17.5. The first-order valence-electron chi connectivity index (χ1n) is 11.7. The molecular formula is C26H42. The largest absolute Gasteiger partial charge is 0.0730 e. The van der Waals surface area contributed by atoms with E-state index in [0.717, 1.165) is 23.7 Å². The first kappa shape index (κ1) is 21.3. The second kappa shape index (κ2) is 13.2. The van der Waals surface area contributed by atoms with Crippen LogP contribution in [-0.4, -0.2) is 0 Å². The molecule has 0 aromatic carbocycles. The van der Waals surface area contributed by atoms with E-state index in [1.165, 1.54) is 89.9 Å². The molecule has 0 N–H and O–H groups in total. The van der Waals surface area contributed by atoms with Crippen molar-refractivity contribution >= 4 is 0 Å². The third-order valence-corrected chi connectivity index (χ3v) is 6.68. The minimum Gasteiger partial charge on any atom is -0.0730 e. The summed E-state index contributed by atoms with van der Waals surface area (Å²) in [6.07, 6.45) is 28.7. The molecular weight excluding hydrogens is 312 g/mol. The number of hydrogen-bond acceptors (Lipinski definition) is 0. The predicted octanol–water partition coefficient (Wildman–Crippen LogP) is 8.10. The third-order valence-electron chi connectivity index (χ3n) is 6.68. The van der Waals surface area contributed by atoms with Gasteiger partial charge < -0.3 is 0 Å². The Morgan fingerprint density at radius 1 is 0.615 bits per heavy atom. The SMILES string of the molecule is CCCCC[C@H]1CC[C@H](/C=C/C#C/C=C/[C@H]2CC[C@H](CCC)CC2)CC1. The summed E-state index contributed by atoms with van der Waals surface area (Å²) in [5.74, 6) is 10.0. The van der Waals surface area contributed by atoms with E-state index in [4.69, 9.17) is 0 Å². The molecule has 2 rings (SSSR count). The summed E-state index contributed by atoms with van der Waals surface area (Å²) in [6, 6.07) is 0. The highest BCUT2D eigenvalue weighted by atomic mass is 14.2. The molecule has 0 atom stereocenters. The van der Waals surface area contributed by atoms with Gasteiger partial charge in [0.25, 0.3) is 0 Å². The van der Waals surface area contributed by atoms with Gasteiger partial charge in [-0.15, -0.1) is 0 Å². The molecule has 2 fully saturated rings. The van der Waals surface area contributed by atoms with Crippen molar-refractivity contribution in [3.05, 3.63) is 24.3 Å². The number of rotatable bonds is 8. The Morgan fingerprint density at radius 3 is 1.58 bits per heavy atom. The first-order chi connectivity index (χ1) is 12.8. The van der Waals surface area contributed by atoms with E-state index in [1.807, 2.05) is 0 Å². The summed E-state index contributed by atoms with van der Waals surface area (Å²) < 4.78 is 0. The van der Waals surface area contributed by atoms with Crippen molar-refractivity contribution in [3.63, 3.8) is 0 Å². The Kier molecular flexibility index (Phi) is 10.9. The van der Waals surface area contributed by atoms with Gasteiger partial charge in [-0.3, -0.25) is 0 Å². The molecule has 0 aromatic heterocycles. The van der Waals surface area contributed by atoms with Crippen LogP contribution < -0.4 is 0 Å². The Morgan fingerprint density at radius 2 is 1.12 bits per heavy atom. The lowest BCUT2D eigenvalue weighted by Crippen LogP contribution is -2.12. The number of unbranched alkanes of at least 4 members (excludes halogenated alkanes) is 2. The van der Waals surface area contributed by atoms with Gasteiger partial charge >= 0.3 is 0 Å². The Hall–Kier alpha value is -0.960. The molecule has 146 valence electrons. The van der Waals surface area contributed by atoms with Gasteiger partial charge in [0.1, 0.15) is 0 Å². The monoisotopic (exact) mass is 354 g/mol. The van der Waals surface area contributed by atoms with E-state index in [9.17, 15) is 0 Å². The average Bonchev–Trinajstić information content (AvgIpc) is 2.67. The maximum atomic E-state index is 3.24. The molecule has 0 amide bonds. The lowest BCUT2D eigenvalue weighted by atomic mass is 9.79. The van der Waals surface area contributed by atoms with E-state index < -0.39 is 0 Å². The van der Waals surface area contributed by atoms with Gasteiger partial charge in [-0.25, -0.2) is 0 Å². The van der Waals surface area contributed by atoms with Crippen LogP contribution in [0.4, 0.5) is 0 Å². The Labute approximate surface area is 163 Å². The molecule has 0 aliphatic heterocycles. The molecule has 0 heterocycles. The zero-order chi connectivity index (χ0) is 18.5. The van der Waals surface area contributed by atoms with Gasteiger partial charge in [0.15, 0.2) is 0 Å². The molecule has 0 unspecified atom stereocenters. The number of allylic oxidation sites excluding steroid dienone is 4. The standard InChI is InChI=1S/C26H42/c1-3-5-8-12-24-19-21-26(22-20-24)14-10-7-6-9-13-25-17-15-23(11-4-2)16-18-25/h9-10,13-14,23-26H,3-5,8,11-12,15-22H2,1-2H3/b13-9+,14-10+/t23-,24-,25-,26-.